The SMILES string of the molecule is O=C1C(=Cc2cccn2-c2ccc(Cl)cc2)C(=O)c2ccccc21. The van der Waals surface area contributed by atoms with E-state index in [-0.39, 0.29) is 17.1 Å². The van der Waals surface area contributed by atoms with E-state index in [1.807, 2.05) is 35.0 Å². The number of Topliss-reactive ketones (excluding diaryl/α,β-unsaturated/α-hetero) is 2. The first-order chi connectivity index (χ1) is 11.6. The highest BCUT2D eigenvalue weighted by Crippen LogP contribution is 2.28. The summed E-state index contributed by atoms with van der Waals surface area (Å²) in [5.74, 6) is -0.445. The Morgan fingerprint density at radius 3 is 2.04 bits per heavy atom. The van der Waals surface area contributed by atoms with E-state index in [1.165, 1.54) is 0 Å². The Morgan fingerprint density at radius 1 is 0.792 bits per heavy atom. The molecule has 0 fully saturated rings. The van der Waals surface area contributed by atoms with Crippen molar-refractivity contribution in [3.05, 3.63) is 94.3 Å². The Bertz CT molecular complexity index is 959. The number of ketones is 2. The normalized spacial score (nSPS) is 13.3. The molecule has 116 valence electrons. The lowest BCUT2D eigenvalue weighted by molar-refractivity contribution is 0.0990. The molecule has 3 aromatic rings. The first-order valence-corrected chi connectivity index (χ1v) is 7.86. The second-order valence-corrected chi connectivity index (χ2v) is 5.98. The monoisotopic (exact) mass is 333 g/mol. The van der Waals surface area contributed by atoms with Gasteiger partial charge in [0.15, 0.2) is 11.6 Å². The van der Waals surface area contributed by atoms with Gasteiger partial charge in [0, 0.05) is 33.7 Å². The molecule has 3 nitrogen and oxygen atoms in total. The molecule has 0 amide bonds. The Hall–Kier alpha value is -2.91. The maximum absolute atomic E-state index is 12.5. The van der Waals surface area contributed by atoms with Gasteiger partial charge < -0.3 is 4.57 Å². The lowest BCUT2D eigenvalue weighted by atomic mass is 10.1. The number of fused-ring (bicyclic) bond motifs is 1. The second-order valence-electron chi connectivity index (χ2n) is 5.54. The maximum atomic E-state index is 12.5. The average Bonchev–Trinajstić information content (AvgIpc) is 3.15. The van der Waals surface area contributed by atoms with Gasteiger partial charge in [-0.1, -0.05) is 35.9 Å². The van der Waals surface area contributed by atoms with Gasteiger partial charge >= 0.3 is 0 Å². The maximum Gasteiger partial charge on any atom is 0.197 e. The number of benzene rings is 2. The first-order valence-electron chi connectivity index (χ1n) is 7.48. The van der Waals surface area contributed by atoms with E-state index in [0.717, 1.165) is 11.4 Å². The van der Waals surface area contributed by atoms with Crippen LogP contribution in [0.3, 0.4) is 0 Å². The summed E-state index contributed by atoms with van der Waals surface area (Å²) in [5, 5.41) is 0.655. The van der Waals surface area contributed by atoms with Crippen LogP contribution in [0.4, 0.5) is 0 Å². The van der Waals surface area contributed by atoms with Crippen LogP contribution < -0.4 is 0 Å². The number of rotatable bonds is 2. The highest BCUT2D eigenvalue weighted by Gasteiger charge is 2.32. The predicted octanol–water partition coefficient (Wildman–Crippen LogP) is 4.59. The number of aromatic nitrogens is 1. The lowest BCUT2D eigenvalue weighted by Gasteiger charge is -2.07. The molecule has 2 aromatic carbocycles. The van der Waals surface area contributed by atoms with Crippen LogP contribution in [-0.4, -0.2) is 16.1 Å². The summed E-state index contributed by atoms with van der Waals surface area (Å²) in [6, 6.07) is 18.0. The van der Waals surface area contributed by atoms with Crippen LogP contribution in [0, 0.1) is 0 Å². The van der Waals surface area contributed by atoms with Crippen molar-refractivity contribution in [3.63, 3.8) is 0 Å². The Morgan fingerprint density at radius 2 is 1.42 bits per heavy atom. The summed E-state index contributed by atoms with van der Waals surface area (Å²) in [6.45, 7) is 0. The summed E-state index contributed by atoms with van der Waals surface area (Å²) >= 11 is 5.93. The van der Waals surface area contributed by atoms with Crippen molar-refractivity contribution in [2.75, 3.05) is 0 Å². The van der Waals surface area contributed by atoms with E-state index in [0.29, 0.717) is 16.1 Å². The predicted molar refractivity (Wildman–Crippen MR) is 93.9 cm³/mol. The molecule has 0 N–H and O–H groups in total. The Kier molecular flexibility index (Phi) is 3.44. The molecule has 24 heavy (non-hydrogen) atoms. The van der Waals surface area contributed by atoms with Crippen molar-refractivity contribution in [3.8, 4) is 5.69 Å². The number of nitrogens with zero attached hydrogens (tertiary/aromatic N) is 1. The van der Waals surface area contributed by atoms with Gasteiger partial charge in [-0.2, -0.15) is 0 Å². The molecular formula is C20H12ClNO2. The minimum absolute atomic E-state index is 0.199. The molecule has 0 spiro atoms. The molecule has 1 aromatic heterocycles. The fraction of sp³-hybridized carbons (Fsp3) is 0. The zero-order chi connectivity index (χ0) is 16.7. The van der Waals surface area contributed by atoms with Gasteiger partial charge in [0.2, 0.25) is 0 Å². The molecule has 0 bridgehead atoms. The smallest absolute Gasteiger partial charge is 0.197 e. The van der Waals surface area contributed by atoms with Gasteiger partial charge in [-0.25, -0.2) is 0 Å². The largest absolute Gasteiger partial charge is 0.317 e. The number of hydrogen-bond donors (Lipinski definition) is 0. The second kappa shape index (κ2) is 5.62. The highest BCUT2D eigenvalue weighted by molar-refractivity contribution is 6.41. The zero-order valence-corrected chi connectivity index (χ0v) is 13.3. The molecule has 0 unspecified atom stereocenters. The van der Waals surface area contributed by atoms with E-state index >= 15 is 0 Å². The van der Waals surface area contributed by atoms with Crippen LogP contribution in [0.25, 0.3) is 11.8 Å². The third kappa shape index (κ3) is 2.30. The van der Waals surface area contributed by atoms with E-state index in [1.54, 1.807) is 42.5 Å². The molecule has 0 aliphatic heterocycles. The standard InChI is InChI=1S/C20H12ClNO2/c21-13-7-9-14(10-8-13)22-11-3-4-15(22)12-18-19(23)16-5-1-2-6-17(16)20(18)24/h1-12H. The number of carbonyl (C=O) groups excluding carboxylic acids is 2. The van der Waals surface area contributed by atoms with E-state index < -0.39 is 0 Å². The third-order valence-electron chi connectivity index (χ3n) is 4.08. The summed E-state index contributed by atoms with van der Waals surface area (Å²) in [7, 11) is 0. The van der Waals surface area contributed by atoms with Crippen LogP contribution in [-0.2, 0) is 0 Å². The van der Waals surface area contributed by atoms with Crippen molar-refractivity contribution >= 4 is 29.2 Å². The molecule has 4 rings (SSSR count). The van der Waals surface area contributed by atoms with Crippen LogP contribution in [0.15, 0.2) is 72.4 Å². The molecule has 1 aliphatic rings. The summed E-state index contributed by atoms with van der Waals surface area (Å²) < 4.78 is 1.91. The van der Waals surface area contributed by atoms with Crippen LogP contribution in [0.5, 0.6) is 0 Å². The van der Waals surface area contributed by atoms with Crippen molar-refractivity contribution in [1.29, 1.82) is 0 Å². The van der Waals surface area contributed by atoms with Crippen molar-refractivity contribution in [1.82, 2.24) is 4.57 Å². The number of halogens is 1. The fourth-order valence-electron chi connectivity index (χ4n) is 2.90. The van der Waals surface area contributed by atoms with E-state index in [9.17, 15) is 9.59 Å². The molecule has 1 aliphatic carbocycles. The van der Waals surface area contributed by atoms with E-state index in [4.69, 9.17) is 11.6 Å². The molecule has 0 saturated carbocycles. The Labute approximate surface area is 143 Å². The minimum Gasteiger partial charge on any atom is -0.317 e. The fourth-order valence-corrected chi connectivity index (χ4v) is 3.03. The average molecular weight is 334 g/mol. The molecule has 1 heterocycles. The molecular weight excluding hydrogens is 322 g/mol. The van der Waals surface area contributed by atoms with Crippen molar-refractivity contribution < 1.29 is 9.59 Å². The van der Waals surface area contributed by atoms with Crippen LogP contribution >= 0.6 is 11.6 Å². The van der Waals surface area contributed by atoms with Gasteiger partial charge in [-0.15, -0.1) is 0 Å². The molecule has 0 saturated heterocycles. The number of carbonyl (C=O) groups is 2. The summed E-state index contributed by atoms with van der Waals surface area (Å²) in [4.78, 5) is 25.0. The molecule has 4 heteroatoms. The van der Waals surface area contributed by atoms with Gasteiger partial charge in [0.05, 0.1) is 5.57 Å². The van der Waals surface area contributed by atoms with Crippen molar-refractivity contribution in [2.45, 2.75) is 0 Å². The first kappa shape index (κ1) is 14.7. The highest BCUT2D eigenvalue weighted by atomic mass is 35.5. The topological polar surface area (TPSA) is 39.1 Å². The molecule has 0 radical (unpaired) electrons. The van der Waals surface area contributed by atoms with Gasteiger partial charge in [0.1, 0.15) is 0 Å². The van der Waals surface area contributed by atoms with E-state index in [2.05, 4.69) is 0 Å². The minimum atomic E-state index is -0.223. The van der Waals surface area contributed by atoms with Gasteiger partial charge in [-0.05, 0) is 42.5 Å². The number of hydrogen-bond acceptors (Lipinski definition) is 2. The zero-order valence-electron chi connectivity index (χ0n) is 12.6. The summed E-state index contributed by atoms with van der Waals surface area (Å²) in [6.07, 6.45) is 3.53. The van der Waals surface area contributed by atoms with Gasteiger partial charge in [-0.3, -0.25) is 9.59 Å². The van der Waals surface area contributed by atoms with Crippen LogP contribution in [0.2, 0.25) is 5.02 Å². The quantitative estimate of drug-likeness (QED) is 0.508. The number of allylic oxidation sites excluding steroid dienone is 1. The van der Waals surface area contributed by atoms with Crippen molar-refractivity contribution in [2.24, 2.45) is 0 Å². The Balaban J connectivity index is 1.79. The summed E-state index contributed by atoms with van der Waals surface area (Å²) in [5.41, 5.74) is 2.82. The van der Waals surface area contributed by atoms with Gasteiger partial charge in [0.25, 0.3) is 0 Å². The molecule has 0 atom stereocenters. The third-order valence-corrected chi connectivity index (χ3v) is 4.33. The van der Waals surface area contributed by atoms with Crippen LogP contribution in [0.1, 0.15) is 26.4 Å². The lowest BCUT2D eigenvalue weighted by Crippen LogP contribution is -2.02.